The Labute approximate surface area is 129 Å². The molecule has 0 amide bonds. The van der Waals surface area contributed by atoms with Crippen molar-refractivity contribution in [3.63, 3.8) is 0 Å². The molecule has 0 bridgehead atoms. The maximum Gasteiger partial charge on any atom is 0.161 e. The molecular formula is C16H20N2O2S. The topological polar surface area (TPSA) is 43.4 Å². The van der Waals surface area contributed by atoms with E-state index in [4.69, 9.17) is 9.47 Å². The van der Waals surface area contributed by atoms with E-state index in [-0.39, 0.29) is 0 Å². The molecule has 0 unspecified atom stereocenters. The Morgan fingerprint density at radius 2 is 2.05 bits per heavy atom. The van der Waals surface area contributed by atoms with E-state index in [1.807, 2.05) is 24.4 Å². The minimum absolute atomic E-state index is 0.747. The normalized spacial score (nSPS) is 14.2. The van der Waals surface area contributed by atoms with Gasteiger partial charge in [-0.05, 0) is 49.1 Å². The summed E-state index contributed by atoms with van der Waals surface area (Å²) in [5.74, 6) is 2.39. The average molecular weight is 304 g/mol. The van der Waals surface area contributed by atoms with E-state index in [2.05, 4.69) is 10.3 Å². The largest absolute Gasteiger partial charge is 0.493 e. The van der Waals surface area contributed by atoms with Crippen molar-refractivity contribution in [2.45, 2.75) is 19.4 Å². The molecule has 1 aromatic heterocycles. The zero-order valence-corrected chi connectivity index (χ0v) is 13.2. The fourth-order valence-electron chi connectivity index (χ4n) is 2.22. The summed E-state index contributed by atoms with van der Waals surface area (Å²) in [6.07, 6.45) is 4.68. The Bertz CT molecular complexity index is 608. The van der Waals surface area contributed by atoms with Gasteiger partial charge in [0, 0.05) is 12.7 Å². The number of nitrogens with one attached hydrogen (secondary N) is 1. The van der Waals surface area contributed by atoms with Gasteiger partial charge in [0.2, 0.25) is 0 Å². The number of hydrogen-bond donors (Lipinski definition) is 1. The molecular weight excluding hydrogens is 284 g/mol. The second-order valence-electron chi connectivity index (χ2n) is 5.26. The van der Waals surface area contributed by atoms with Crippen molar-refractivity contribution in [2.24, 2.45) is 5.92 Å². The lowest BCUT2D eigenvalue weighted by Crippen LogP contribution is -2.15. The highest BCUT2D eigenvalue weighted by Crippen LogP contribution is 2.34. The van der Waals surface area contributed by atoms with Crippen LogP contribution in [0.15, 0.2) is 24.4 Å². The van der Waals surface area contributed by atoms with Gasteiger partial charge in [0.1, 0.15) is 5.01 Å². The van der Waals surface area contributed by atoms with Crippen LogP contribution in [0, 0.1) is 5.92 Å². The summed E-state index contributed by atoms with van der Waals surface area (Å²) < 4.78 is 10.6. The van der Waals surface area contributed by atoms with Crippen molar-refractivity contribution >= 4 is 11.3 Å². The summed E-state index contributed by atoms with van der Waals surface area (Å²) >= 11 is 1.72. The third-order valence-corrected chi connectivity index (χ3v) is 4.67. The Balaban J connectivity index is 1.69. The molecule has 1 fully saturated rings. The number of ether oxygens (including phenoxy) is 2. The average Bonchev–Trinajstić information content (AvgIpc) is 3.22. The minimum Gasteiger partial charge on any atom is -0.493 e. The fourth-order valence-corrected chi connectivity index (χ4v) is 3.10. The third-order valence-electron chi connectivity index (χ3n) is 3.63. The second kappa shape index (κ2) is 6.45. The number of aromatic nitrogens is 1. The van der Waals surface area contributed by atoms with Crippen LogP contribution in [-0.2, 0) is 6.54 Å². The lowest BCUT2D eigenvalue weighted by atomic mass is 10.2. The lowest BCUT2D eigenvalue weighted by molar-refractivity contribution is 0.355. The van der Waals surface area contributed by atoms with Crippen LogP contribution in [-0.4, -0.2) is 25.7 Å². The number of methoxy groups -OCH3 is 2. The Kier molecular flexibility index (Phi) is 4.41. The molecule has 0 aliphatic heterocycles. The zero-order chi connectivity index (χ0) is 14.7. The first-order valence-electron chi connectivity index (χ1n) is 7.18. The van der Waals surface area contributed by atoms with Crippen LogP contribution in [0.3, 0.4) is 0 Å². The molecule has 112 valence electrons. The van der Waals surface area contributed by atoms with Crippen LogP contribution < -0.4 is 14.8 Å². The molecule has 1 heterocycles. The molecule has 1 aliphatic rings. The summed E-state index contributed by atoms with van der Waals surface area (Å²) in [5, 5.41) is 4.60. The first-order chi connectivity index (χ1) is 10.3. The Morgan fingerprint density at radius 1 is 1.24 bits per heavy atom. The van der Waals surface area contributed by atoms with Crippen LogP contribution in [0.1, 0.15) is 17.8 Å². The third kappa shape index (κ3) is 3.54. The van der Waals surface area contributed by atoms with Crippen LogP contribution >= 0.6 is 11.3 Å². The van der Waals surface area contributed by atoms with Gasteiger partial charge < -0.3 is 14.8 Å². The summed E-state index contributed by atoms with van der Waals surface area (Å²) in [7, 11) is 3.30. The van der Waals surface area contributed by atoms with E-state index in [1.165, 1.54) is 12.8 Å². The van der Waals surface area contributed by atoms with E-state index in [0.717, 1.165) is 46.0 Å². The second-order valence-corrected chi connectivity index (χ2v) is 6.38. The monoisotopic (exact) mass is 304 g/mol. The summed E-state index contributed by atoms with van der Waals surface area (Å²) in [6, 6.07) is 5.96. The SMILES string of the molecule is COc1ccc(-c2cnc(CNCC3CC3)s2)cc1OC. The summed E-state index contributed by atoms with van der Waals surface area (Å²) in [6.45, 7) is 1.97. The Morgan fingerprint density at radius 3 is 2.76 bits per heavy atom. The molecule has 1 N–H and O–H groups in total. The summed E-state index contributed by atoms with van der Waals surface area (Å²) in [4.78, 5) is 5.64. The number of benzene rings is 1. The standard InChI is InChI=1S/C16H20N2O2S/c1-19-13-6-5-12(7-14(13)20-2)15-9-18-16(21-15)10-17-8-11-3-4-11/h5-7,9,11,17H,3-4,8,10H2,1-2H3. The van der Waals surface area contributed by atoms with Crippen molar-refractivity contribution in [1.29, 1.82) is 0 Å². The van der Waals surface area contributed by atoms with E-state index in [1.54, 1.807) is 25.6 Å². The maximum atomic E-state index is 5.35. The van der Waals surface area contributed by atoms with Crippen molar-refractivity contribution in [2.75, 3.05) is 20.8 Å². The molecule has 0 saturated heterocycles. The van der Waals surface area contributed by atoms with E-state index in [0.29, 0.717) is 0 Å². The smallest absolute Gasteiger partial charge is 0.161 e. The van der Waals surface area contributed by atoms with Crippen molar-refractivity contribution in [1.82, 2.24) is 10.3 Å². The van der Waals surface area contributed by atoms with E-state index in [9.17, 15) is 0 Å². The first-order valence-corrected chi connectivity index (χ1v) is 7.99. The maximum absolute atomic E-state index is 5.35. The van der Waals surface area contributed by atoms with Gasteiger partial charge in [0.15, 0.2) is 11.5 Å². The Hall–Kier alpha value is -1.59. The molecule has 3 rings (SSSR count). The molecule has 0 spiro atoms. The van der Waals surface area contributed by atoms with Gasteiger partial charge in [-0.2, -0.15) is 0 Å². The van der Waals surface area contributed by atoms with Crippen LogP contribution in [0.25, 0.3) is 10.4 Å². The molecule has 2 aromatic rings. The highest BCUT2D eigenvalue weighted by atomic mass is 32.1. The molecule has 4 nitrogen and oxygen atoms in total. The molecule has 21 heavy (non-hydrogen) atoms. The fraction of sp³-hybridized carbons (Fsp3) is 0.438. The lowest BCUT2D eigenvalue weighted by Gasteiger charge is -2.08. The van der Waals surface area contributed by atoms with Crippen LogP contribution in [0.4, 0.5) is 0 Å². The van der Waals surface area contributed by atoms with Gasteiger partial charge in [-0.1, -0.05) is 0 Å². The van der Waals surface area contributed by atoms with Gasteiger partial charge in [0.05, 0.1) is 19.1 Å². The molecule has 0 atom stereocenters. The molecule has 5 heteroatoms. The quantitative estimate of drug-likeness (QED) is 0.852. The predicted octanol–water partition coefficient (Wildman–Crippen LogP) is 3.33. The van der Waals surface area contributed by atoms with Gasteiger partial charge in [-0.25, -0.2) is 4.98 Å². The number of rotatable bonds is 7. The predicted molar refractivity (Wildman–Crippen MR) is 85.1 cm³/mol. The van der Waals surface area contributed by atoms with Crippen LogP contribution in [0.5, 0.6) is 11.5 Å². The molecule has 1 aromatic carbocycles. The summed E-state index contributed by atoms with van der Waals surface area (Å²) in [5.41, 5.74) is 1.11. The zero-order valence-electron chi connectivity index (χ0n) is 12.4. The first kappa shape index (κ1) is 14.4. The highest BCUT2D eigenvalue weighted by molar-refractivity contribution is 7.15. The molecule has 0 radical (unpaired) electrons. The number of nitrogens with zero attached hydrogens (tertiary/aromatic N) is 1. The van der Waals surface area contributed by atoms with Gasteiger partial charge in [-0.15, -0.1) is 11.3 Å². The van der Waals surface area contributed by atoms with Gasteiger partial charge in [0.25, 0.3) is 0 Å². The van der Waals surface area contributed by atoms with Crippen LogP contribution in [0.2, 0.25) is 0 Å². The molecule has 1 saturated carbocycles. The molecule has 1 aliphatic carbocycles. The van der Waals surface area contributed by atoms with Crippen molar-refractivity contribution in [3.8, 4) is 21.9 Å². The highest BCUT2D eigenvalue weighted by Gasteiger charge is 2.20. The van der Waals surface area contributed by atoms with Gasteiger partial charge in [-0.3, -0.25) is 0 Å². The van der Waals surface area contributed by atoms with Gasteiger partial charge >= 0.3 is 0 Å². The number of thiazole rings is 1. The van der Waals surface area contributed by atoms with E-state index < -0.39 is 0 Å². The number of hydrogen-bond acceptors (Lipinski definition) is 5. The van der Waals surface area contributed by atoms with E-state index >= 15 is 0 Å². The minimum atomic E-state index is 0.747. The van der Waals surface area contributed by atoms with Crippen molar-refractivity contribution in [3.05, 3.63) is 29.4 Å². The van der Waals surface area contributed by atoms with Crippen molar-refractivity contribution < 1.29 is 9.47 Å².